The van der Waals surface area contributed by atoms with Crippen molar-refractivity contribution in [3.63, 3.8) is 0 Å². The molecule has 6 nitrogen and oxygen atoms in total. The van der Waals surface area contributed by atoms with Crippen molar-refractivity contribution < 1.29 is 13.9 Å². The number of aryl methyl sites for hydroxylation is 1. The van der Waals surface area contributed by atoms with Crippen LogP contribution in [0, 0.1) is 18.7 Å². The number of hydrogen-bond donors (Lipinski definition) is 1. The van der Waals surface area contributed by atoms with Crippen LogP contribution in [0.2, 0.25) is 0 Å². The summed E-state index contributed by atoms with van der Waals surface area (Å²) in [6.07, 6.45) is 2.89. The molecular formula is C35H45FN4O2. The Morgan fingerprint density at radius 3 is 2.40 bits per heavy atom. The van der Waals surface area contributed by atoms with E-state index in [1.807, 2.05) is 17.9 Å². The Balaban J connectivity index is 1.08. The minimum Gasteiger partial charge on any atom is -0.493 e. The van der Waals surface area contributed by atoms with Crippen molar-refractivity contribution in [1.29, 1.82) is 0 Å². The van der Waals surface area contributed by atoms with E-state index in [1.165, 1.54) is 28.3 Å². The van der Waals surface area contributed by atoms with Crippen LogP contribution in [0.25, 0.3) is 11.1 Å². The first-order chi connectivity index (χ1) is 20.4. The lowest BCUT2D eigenvalue weighted by molar-refractivity contribution is -0.136. The molecule has 0 radical (unpaired) electrons. The summed E-state index contributed by atoms with van der Waals surface area (Å²) in [6, 6.07) is 21.9. The Hall–Kier alpha value is -3.26. The van der Waals surface area contributed by atoms with Gasteiger partial charge in [-0.25, -0.2) is 4.39 Å². The Morgan fingerprint density at radius 2 is 1.69 bits per heavy atom. The molecule has 2 N–H and O–H groups in total. The maximum Gasteiger partial charge on any atom is 0.239 e. The molecule has 5 rings (SSSR count). The average molecular weight is 573 g/mol. The number of likely N-dealkylation sites (tertiary alicyclic amines) is 1. The predicted molar refractivity (Wildman–Crippen MR) is 167 cm³/mol. The molecule has 0 bridgehead atoms. The van der Waals surface area contributed by atoms with Crippen molar-refractivity contribution >= 4 is 5.91 Å². The topological polar surface area (TPSA) is 62.0 Å². The van der Waals surface area contributed by atoms with Gasteiger partial charge in [0.05, 0.1) is 12.6 Å². The largest absolute Gasteiger partial charge is 0.493 e. The Bertz CT molecular complexity index is 1320. The molecule has 224 valence electrons. The monoisotopic (exact) mass is 572 g/mol. The molecular weight excluding hydrogens is 527 g/mol. The highest BCUT2D eigenvalue weighted by molar-refractivity contribution is 5.82. The number of halogens is 1. The van der Waals surface area contributed by atoms with Gasteiger partial charge >= 0.3 is 0 Å². The van der Waals surface area contributed by atoms with Gasteiger partial charge in [-0.2, -0.15) is 0 Å². The molecule has 1 atom stereocenters. The molecule has 42 heavy (non-hydrogen) atoms. The minimum atomic E-state index is -0.462. The lowest BCUT2D eigenvalue weighted by Crippen LogP contribution is -2.55. The average Bonchev–Trinajstić information content (AvgIpc) is 3.02. The fourth-order valence-corrected chi connectivity index (χ4v) is 6.39. The normalized spacial score (nSPS) is 17.8. The number of piperidine rings is 1. The van der Waals surface area contributed by atoms with Gasteiger partial charge in [-0.1, -0.05) is 60.2 Å². The first-order valence-electron chi connectivity index (χ1n) is 15.5. The molecule has 2 fully saturated rings. The summed E-state index contributed by atoms with van der Waals surface area (Å²) in [7, 11) is 0. The molecule has 0 unspecified atom stereocenters. The van der Waals surface area contributed by atoms with Crippen LogP contribution in [-0.2, 0) is 17.8 Å². The summed E-state index contributed by atoms with van der Waals surface area (Å²) in [5.41, 5.74) is 12.4. The van der Waals surface area contributed by atoms with E-state index >= 15 is 0 Å². The van der Waals surface area contributed by atoms with E-state index in [4.69, 9.17) is 10.5 Å². The van der Waals surface area contributed by atoms with Crippen LogP contribution < -0.4 is 10.5 Å². The highest BCUT2D eigenvalue weighted by Crippen LogP contribution is 2.27. The number of carbonyl (C=O) groups excluding carboxylic acids is 1. The fraction of sp³-hybridized carbons (Fsp3) is 0.457. The van der Waals surface area contributed by atoms with Crippen LogP contribution in [0.1, 0.15) is 36.5 Å². The second kappa shape index (κ2) is 14.3. The van der Waals surface area contributed by atoms with Gasteiger partial charge in [0.25, 0.3) is 0 Å². The van der Waals surface area contributed by atoms with E-state index in [0.717, 1.165) is 38.9 Å². The molecule has 3 aromatic rings. The first-order valence-corrected chi connectivity index (χ1v) is 15.5. The molecule has 2 aliphatic rings. The second-order valence-corrected chi connectivity index (χ2v) is 11.7. The zero-order valence-electron chi connectivity index (χ0n) is 25.1. The van der Waals surface area contributed by atoms with E-state index in [9.17, 15) is 9.18 Å². The third kappa shape index (κ3) is 7.38. The van der Waals surface area contributed by atoms with Crippen LogP contribution >= 0.6 is 0 Å². The lowest BCUT2D eigenvalue weighted by Gasteiger charge is -2.39. The smallest absolute Gasteiger partial charge is 0.239 e. The van der Waals surface area contributed by atoms with Crippen LogP contribution in [0.5, 0.6) is 5.75 Å². The third-order valence-electron chi connectivity index (χ3n) is 8.91. The number of amides is 1. The highest BCUT2D eigenvalue weighted by atomic mass is 19.1. The lowest BCUT2D eigenvalue weighted by atomic mass is 9.88. The molecule has 0 saturated carbocycles. The molecule has 2 heterocycles. The van der Waals surface area contributed by atoms with Crippen LogP contribution in [0.15, 0.2) is 66.7 Å². The second-order valence-electron chi connectivity index (χ2n) is 11.7. The van der Waals surface area contributed by atoms with E-state index < -0.39 is 6.04 Å². The summed E-state index contributed by atoms with van der Waals surface area (Å²) in [5.74, 6) is 0.613. The standard InChI is InChI=1S/C35H45FN4O2/c1-3-42-33-11-7-10-32(36)31(33)25-39-20-22-40(23-21-39)35(41)34(37)28-14-17-38(18-15-28)19-16-29-24-26(2)12-13-30(29)27-8-5-4-6-9-27/h4-13,24,28,34H,3,14-23,25,37H2,1-2H3/t34-/m1/s1. The fourth-order valence-electron chi connectivity index (χ4n) is 6.39. The summed E-state index contributed by atoms with van der Waals surface area (Å²) in [6.45, 7) is 10.6. The molecule has 3 aromatic carbocycles. The van der Waals surface area contributed by atoms with E-state index in [-0.39, 0.29) is 17.6 Å². The first kappa shape index (κ1) is 30.2. The van der Waals surface area contributed by atoms with Gasteiger partial charge in [0, 0.05) is 44.8 Å². The van der Waals surface area contributed by atoms with Crippen molar-refractivity contribution in [3.05, 3.63) is 89.2 Å². The molecule has 0 aromatic heterocycles. The number of nitrogens with zero attached hydrogens (tertiary/aromatic N) is 3. The molecule has 2 aliphatic heterocycles. The SMILES string of the molecule is CCOc1cccc(F)c1CN1CCN(C(=O)[C@H](N)C2CCN(CCc3cc(C)ccc3-c3ccccc3)CC2)CC1. The molecule has 1 amide bonds. The number of benzene rings is 3. The molecule has 0 spiro atoms. The van der Waals surface area contributed by atoms with Gasteiger partial charge < -0.3 is 20.3 Å². The molecule has 7 heteroatoms. The Morgan fingerprint density at radius 1 is 0.952 bits per heavy atom. The van der Waals surface area contributed by atoms with Crippen molar-refractivity contribution in [3.8, 4) is 16.9 Å². The van der Waals surface area contributed by atoms with Gasteiger partial charge in [-0.05, 0) is 80.9 Å². The minimum absolute atomic E-state index is 0.0567. The Kier molecular flexibility index (Phi) is 10.3. The summed E-state index contributed by atoms with van der Waals surface area (Å²) >= 11 is 0. The van der Waals surface area contributed by atoms with Crippen molar-refractivity contribution in [1.82, 2.24) is 14.7 Å². The highest BCUT2D eigenvalue weighted by Gasteiger charge is 2.33. The van der Waals surface area contributed by atoms with E-state index in [2.05, 4.69) is 65.3 Å². The summed E-state index contributed by atoms with van der Waals surface area (Å²) in [5, 5.41) is 0. The number of carbonyl (C=O) groups is 1. The van der Waals surface area contributed by atoms with E-state index in [1.54, 1.807) is 6.07 Å². The third-order valence-corrected chi connectivity index (χ3v) is 8.91. The van der Waals surface area contributed by atoms with Crippen molar-refractivity contribution in [2.45, 2.75) is 45.7 Å². The zero-order valence-corrected chi connectivity index (χ0v) is 25.1. The van der Waals surface area contributed by atoms with Gasteiger partial charge in [0.15, 0.2) is 0 Å². The number of nitrogens with two attached hydrogens (primary N) is 1. The number of ether oxygens (including phenoxy) is 1. The van der Waals surface area contributed by atoms with Crippen molar-refractivity contribution in [2.75, 3.05) is 52.4 Å². The predicted octanol–water partition coefficient (Wildman–Crippen LogP) is 5.13. The van der Waals surface area contributed by atoms with Gasteiger partial charge in [-0.3, -0.25) is 9.69 Å². The molecule has 2 saturated heterocycles. The van der Waals surface area contributed by atoms with Crippen LogP contribution in [-0.4, -0.2) is 79.1 Å². The van der Waals surface area contributed by atoms with Crippen molar-refractivity contribution in [2.24, 2.45) is 11.7 Å². The Labute approximate surface area is 250 Å². The number of piperazine rings is 1. The van der Waals surface area contributed by atoms with Gasteiger partial charge in [0.1, 0.15) is 11.6 Å². The number of hydrogen-bond acceptors (Lipinski definition) is 5. The van der Waals surface area contributed by atoms with E-state index in [0.29, 0.717) is 50.6 Å². The van der Waals surface area contributed by atoms with Gasteiger partial charge in [-0.15, -0.1) is 0 Å². The van der Waals surface area contributed by atoms with Gasteiger partial charge in [0.2, 0.25) is 5.91 Å². The van der Waals surface area contributed by atoms with Crippen LogP contribution in [0.3, 0.4) is 0 Å². The summed E-state index contributed by atoms with van der Waals surface area (Å²) in [4.78, 5) is 19.9. The maximum atomic E-state index is 14.5. The zero-order chi connectivity index (χ0) is 29.5. The number of rotatable bonds is 10. The van der Waals surface area contributed by atoms with Crippen LogP contribution in [0.4, 0.5) is 4.39 Å². The summed E-state index contributed by atoms with van der Waals surface area (Å²) < 4.78 is 20.2. The quantitative estimate of drug-likeness (QED) is 0.365. The maximum absolute atomic E-state index is 14.5. The molecule has 0 aliphatic carbocycles.